The summed E-state index contributed by atoms with van der Waals surface area (Å²) < 4.78 is 6.07. The van der Waals surface area contributed by atoms with Crippen LogP contribution in [0.4, 0.5) is 5.69 Å². The number of ether oxygens (including phenoxy) is 1. The summed E-state index contributed by atoms with van der Waals surface area (Å²) >= 11 is 0. The highest BCUT2D eigenvalue weighted by Crippen LogP contribution is 2.39. The summed E-state index contributed by atoms with van der Waals surface area (Å²) in [4.78, 5) is 2.13. The molecule has 0 aromatic heterocycles. The molecule has 1 aromatic rings. The van der Waals surface area contributed by atoms with E-state index < -0.39 is 0 Å². The third-order valence-electron chi connectivity index (χ3n) is 2.94. The van der Waals surface area contributed by atoms with Gasteiger partial charge in [-0.25, -0.2) is 0 Å². The predicted molar refractivity (Wildman–Crippen MR) is 68.5 cm³/mol. The number of benzene rings is 1. The van der Waals surface area contributed by atoms with Gasteiger partial charge in [0.2, 0.25) is 0 Å². The fraction of sp³-hybridized carbons (Fsp3) is 0.571. The Morgan fingerprint density at radius 1 is 1.25 bits per heavy atom. The molecule has 0 heterocycles. The molecular weight excluding hydrogens is 198 g/mol. The molecule has 0 aliphatic heterocycles. The lowest BCUT2D eigenvalue weighted by molar-refractivity contribution is 0.299. The second kappa shape index (κ2) is 4.36. The van der Waals surface area contributed by atoms with Gasteiger partial charge in [-0.15, -0.1) is 0 Å². The van der Waals surface area contributed by atoms with E-state index in [-0.39, 0.29) is 0 Å². The van der Waals surface area contributed by atoms with Crippen LogP contribution in [0.15, 0.2) is 18.2 Å². The van der Waals surface area contributed by atoms with Crippen LogP contribution in [-0.2, 0) is 0 Å². The summed E-state index contributed by atoms with van der Waals surface area (Å²) in [5, 5.41) is 0. The van der Waals surface area contributed by atoms with Crippen molar-refractivity contribution >= 4 is 5.69 Å². The Labute approximate surface area is 98.2 Å². The first-order valence-corrected chi connectivity index (χ1v) is 6.06. The van der Waals surface area contributed by atoms with Crippen molar-refractivity contribution in [3.63, 3.8) is 0 Å². The lowest BCUT2D eigenvalue weighted by atomic mass is 10.0. The molecule has 1 aliphatic rings. The maximum atomic E-state index is 6.07. The van der Waals surface area contributed by atoms with Gasteiger partial charge in [-0.3, -0.25) is 0 Å². The third-order valence-corrected chi connectivity index (χ3v) is 2.94. The molecule has 2 rings (SSSR count). The highest BCUT2D eigenvalue weighted by atomic mass is 16.5. The number of hydrogen-bond acceptors (Lipinski definition) is 2. The molecule has 1 aromatic carbocycles. The van der Waals surface area contributed by atoms with E-state index >= 15 is 0 Å². The minimum absolute atomic E-state index is 0.457. The topological polar surface area (TPSA) is 12.5 Å². The highest BCUT2D eigenvalue weighted by molar-refractivity contribution is 5.62. The van der Waals surface area contributed by atoms with E-state index in [1.807, 2.05) is 0 Å². The van der Waals surface area contributed by atoms with Gasteiger partial charge >= 0.3 is 0 Å². The predicted octanol–water partition coefficient (Wildman–Crippen LogP) is 3.42. The van der Waals surface area contributed by atoms with Gasteiger partial charge in [0, 0.05) is 14.1 Å². The number of rotatable bonds is 4. The maximum Gasteiger partial charge on any atom is 0.146 e. The third kappa shape index (κ3) is 2.31. The molecule has 0 unspecified atom stereocenters. The summed E-state index contributed by atoms with van der Waals surface area (Å²) in [5.74, 6) is 1.60. The zero-order chi connectivity index (χ0) is 11.7. The van der Waals surface area contributed by atoms with Crippen LogP contribution in [0.25, 0.3) is 0 Å². The Bertz CT molecular complexity index is 341. The molecule has 1 aliphatic carbocycles. The van der Waals surface area contributed by atoms with Crippen LogP contribution in [0, 0.1) is 0 Å². The number of nitrogens with zero attached hydrogens (tertiary/aromatic N) is 1. The number of hydrogen-bond donors (Lipinski definition) is 0. The molecule has 0 saturated heterocycles. The molecule has 0 radical (unpaired) electrons. The van der Waals surface area contributed by atoms with E-state index in [0.717, 1.165) is 5.75 Å². The van der Waals surface area contributed by atoms with Crippen LogP contribution in [0.2, 0.25) is 0 Å². The van der Waals surface area contributed by atoms with Crippen molar-refractivity contribution in [3.8, 4) is 5.75 Å². The summed E-state index contributed by atoms with van der Waals surface area (Å²) in [6.07, 6.45) is 2.87. The minimum Gasteiger partial charge on any atom is -0.488 e. The normalized spacial score (nSPS) is 15.3. The van der Waals surface area contributed by atoms with Gasteiger partial charge < -0.3 is 9.64 Å². The quantitative estimate of drug-likeness (QED) is 0.769. The van der Waals surface area contributed by atoms with Crippen molar-refractivity contribution in [3.05, 3.63) is 23.8 Å². The van der Waals surface area contributed by atoms with Crippen molar-refractivity contribution < 1.29 is 4.74 Å². The molecule has 88 valence electrons. The standard InChI is InChI=1S/C14H21NO/c1-10(2)12-6-5-7-13(15(3)4)14(12)16-11-8-9-11/h5-7,10-11H,8-9H2,1-4H3. The largest absolute Gasteiger partial charge is 0.488 e. The molecule has 0 N–H and O–H groups in total. The van der Waals surface area contributed by atoms with Gasteiger partial charge in [0.05, 0.1) is 11.8 Å². The maximum absolute atomic E-state index is 6.07. The van der Waals surface area contributed by atoms with E-state index in [1.165, 1.54) is 24.1 Å². The van der Waals surface area contributed by atoms with Crippen molar-refractivity contribution in [1.29, 1.82) is 0 Å². The fourth-order valence-electron chi connectivity index (χ4n) is 1.83. The SMILES string of the molecule is CC(C)c1cccc(N(C)C)c1OC1CC1. The number of anilines is 1. The molecule has 2 heteroatoms. The van der Waals surface area contributed by atoms with Crippen LogP contribution >= 0.6 is 0 Å². The van der Waals surface area contributed by atoms with E-state index in [2.05, 4.69) is 51.0 Å². The van der Waals surface area contributed by atoms with Crippen LogP contribution in [-0.4, -0.2) is 20.2 Å². The summed E-state index contributed by atoms with van der Waals surface area (Å²) in [5.41, 5.74) is 2.51. The van der Waals surface area contributed by atoms with Crippen LogP contribution in [0.3, 0.4) is 0 Å². The first-order valence-electron chi connectivity index (χ1n) is 6.06. The van der Waals surface area contributed by atoms with Crippen molar-refractivity contribution in [2.75, 3.05) is 19.0 Å². The van der Waals surface area contributed by atoms with Crippen molar-refractivity contribution in [1.82, 2.24) is 0 Å². The van der Waals surface area contributed by atoms with E-state index in [1.54, 1.807) is 0 Å². The Morgan fingerprint density at radius 2 is 1.94 bits per heavy atom. The highest BCUT2D eigenvalue weighted by Gasteiger charge is 2.26. The summed E-state index contributed by atoms with van der Waals surface area (Å²) in [7, 11) is 4.14. The molecular formula is C14H21NO. The van der Waals surface area contributed by atoms with Crippen molar-refractivity contribution in [2.45, 2.75) is 38.7 Å². The zero-order valence-electron chi connectivity index (χ0n) is 10.7. The fourth-order valence-corrected chi connectivity index (χ4v) is 1.83. The number of para-hydroxylation sites is 1. The van der Waals surface area contributed by atoms with Gasteiger partial charge in [-0.2, -0.15) is 0 Å². The van der Waals surface area contributed by atoms with Gasteiger partial charge in [0.1, 0.15) is 5.75 Å². The molecule has 1 fully saturated rings. The minimum atomic E-state index is 0.457. The first-order chi connectivity index (χ1) is 7.59. The van der Waals surface area contributed by atoms with E-state index in [9.17, 15) is 0 Å². The van der Waals surface area contributed by atoms with Crippen LogP contribution in [0.5, 0.6) is 5.75 Å². The smallest absolute Gasteiger partial charge is 0.146 e. The Balaban J connectivity index is 2.38. The molecule has 0 atom stereocenters. The summed E-state index contributed by atoms with van der Waals surface area (Å²) in [6.45, 7) is 4.43. The molecule has 0 bridgehead atoms. The van der Waals surface area contributed by atoms with Crippen LogP contribution in [0.1, 0.15) is 38.2 Å². The Kier molecular flexibility index (Phi) is 3.08. The second-order valence-electron chi connectivity index (χ2n) is 5.06. The van der Waals surface area contributed by atoms with Gasteiger partial charge in [-0.1, -0.05) is 26.0 Å². The molecule has 1 saturated carbocycles. The molecule has 0 amide bonds. The Hall–Kier alpha value is -1.18. The Morgan fingerprint density at radius 3 is 2.44 bits per heavy atom. The lowest BCUT2D eigenvalue weighted by Crippen LogP contribution is -2.13. The zero-order valence-corrected chi connectivity index (χ0v) is 10.7. The average molecular weight is 219 g/mol. The average Bonchev–Trinajstić information content (AvgIpc) is 3.01. The van der Waals surface area contributed by atoms with Gasteiger partial charge in [0.15, 0.2) is 0 Å². The summed E-state index contributed by atoms with van der Waals surface area (Å²) in [6, 6.07) is 6.42. The molecule has 2 nitrogen and oxygen atoms in total. The van der Waals surface area contributed by atoms with E-state index in [0.29, 0.717) is 12.0 Å². The first kappa shape index (κ1) is 11.3. The molecule has 16 heavy (non-hydrogen) atoms. The van der Waals surface area contributed by atoms with Gasteiger partial charge in [0.25, 0.3) is 0 Å². The van der Waals surface area contributed by atoms with Crippen molar-refractivity contribution in [2.24, 2.45) is 0 Å². The second-order valence-corrected chi connectivity index (χ2v) is 5.06. The lowest BCUT2D eigenvalue weighted by Gasteiger charge is -2.22. The molecule has 0 spiro atoms. The van der Waals surface area contributed by atoms with E-state index in [4.69, 9.17) is 4.74 Å². The van der Waals surface area contributed by atoms with Crippen LogP contribution < -0.4 is 9.64 Å². The monoisotopic (exact) mass is 219 g/mol. The van der Waals surface area contributed by atoms with Gasteiger partial charge in [-0.05, 0) is 30.4 Å².